The Morgan fingerprint density at radius 1 is 1.19 bits per heavy atom. The van der Waals surface area contributed by atoms with Crippen molar-refractivity contribution in [2.75, 3.05) is 18.0 Å². The summed E-state index contributed by atoms with van der Waals surface area (Å²) < 4.78 is 1.76. The molecule has 1 aliphatic heterocycles. The van der Waals surface area contributed by atoms with Gasteiger partial charge in [-0.05, 0) is 30.2 Å². The van der Waals surface area contributed by atoms with Crippen LogP contribution in [0.3, 0.4) is 0 Å². The van der Waals surface area contributed by atoms with Gasteiger partial charge in [0, 0.05) is 24.7 Å². The maximum Gasteiger partial charge on any atom is 0.221 e. The average molecular weight is 347 g/mol. The Labute approximate surface area is 149 Å². The van der Waals surface area contributed by atoms with E-state index in [0.717, 1.165) is 35.2 Å². The molecule has 4 heterocycles. The fourth-order valence-electron chi connectivity index (χ4n) is 3.35. The Hall–Kier alpha value is -3.13. The lowest BCUT2D eigenvalue weighted by molar-refractivity contribution is 0.198. The van der Waals surface area contributed by atoms with Crippen LogP contribution < -0.4 is 4.90 Å². The molecule has 0 aliphatic carbocycles. The number of aromatic nitrogens is 6. The van der Waals surface area contributed by atoms with Crippen LogP contribution in [0, 0.1) is 0 Å². The highest BCUT2D eigenvalue weighted by molar-refractivity contribution is 5.79. The van der Waals surface area contributed by atoms with E-state index in [0.29, 0.717) is 24.4 Å². The number of rotatable bonds is 3. The van der Waals surface area contributed by atoms with E-state index in [4.69, 9.17) is 0 Å². The summed E-state index contributed by atoms with van der Waals surface area (Å²) in [5.41, 5.74) is 3.24. The van der Waals surface area contributed by atoms with Crippen LogP contribution in [0.4, 0.5) is 5.82 Å². The Morgan fingerprint density at radius 2 is 2.15 bits per heavy atom. The summed E-state index contributed by atoms with van der Waals surface area (Å²) in [4.78, 5) is 15.4. The summed E-state index contributed by atoms with van der Waals surface area (Å²) >= 11 is 0. The lowest BCUT2D eigenvalue weighted by Crippen LogP contribution is -2.22. The average Bonchev–Trinajstić information content (AvgIpc) is 3.28. The van der Waals surface area contributed by atoms with Crippen LogP contribution in [-0.4, -0.2) is 54.2 Å². The topological polar surface area (TPSA) is 92.8 Å². The lowest BCUT2D eigenvalue weighted by atomic mass is 10.1. The molecule has 0 saturated carbocycles. The van der Waals surface area contributed by atoms with Crippen LogP contribution >= 0.6 is 0 Å². The molecule has 0 unspecified atom stereocenters. The molecule has 130 valence electrons. The molecule has 0 bridgehead atoms. The molecule has 1 atom stereocenters. The Balaban J connectivity index is 1.49. The first-order valence-electron chi connectivity index (χ1n) is 8.59. The molecule has 8 heteroatoms. The number of benzene rings is 1. The highest BCUT2D eigenvalue weighted by Crippen LogP contribution is 2.20. The normalized spacial score (nSPS) is 17.4. The van der Waals surface area contributed by atoms with Crippen LogP contribution in [0.25, 0.3) is 22.2 Å². The predicted octanol–water partition coefficient (Wildman–Crippen LogP) is 1.39. The van der Waals surface area contributed by atoms with Crippen molar-refractivity contribution in [1.82, 2.24) is 29.9 Å². The standard InChI is InChI=1S/C18H17N7O/c26-14-5-7-24(11-14)16-9-20-17-18(21-16)25(23-22-17)10-12-3-4-15-13(8-12)2-1-6-19-15/h1-4,6,8-9,14,26H,5,7,10-11H2/t14-/m0/s1. The molecule has 0 amide bonds. The molecule has 1 N–H and O–H groups in total. The van der Waals surface area contributed by atoms with Gasteiger partial charge < -0.3 is 10.0 Å². The van der Waals surface area contributed by atoms with Gasteiger partial charge in [-0.15, -0.1) is 5.10 Å². The van der Waals surface area contributed by atoms with Gasteiger partial charge in [0.25, 0.3) is 0 Å². The zero-order valence-corrected chi connectivity index (χ0v) is 14.0. The molecule has 4 aromatic rings. The number of fused-ring (bicyclic) bond motifs is 2. The molecule has 0 spiro atoms. The van der Waals surface area contributed by atoms with E-state index in [1.54, 1.807) is 17.1 Å². The Morgan fingerprint density at radius 3 is 3.04 bits per heavy atom. The van der Waals surface area contributed by atoms with Gasteiger partial charge in [0.2, 0.25) is 5.65 Å². The summed E-state index contributed by atoms with van der Waals surface area (Å²) in [6.45, 7) is 1.92. The van der Waals surface area contributed by atoms with Crippen molar-refractivity contribution in [3.8, 4) is 0 Å². The van der Waals surface area contributed by atoms with Crippen LogP contribution in [-0.2, 0) is 6.54 Å². The van der Waals surface area contributed by atoms with Crippen molar-refractivity contribution in [1.29, 1.82) is 0 Å². The predicted molar refractivity (Wildman–Crippen MR) is 96.8 cm³/mol. The Bertz CT molecular complexity index is 1090. The molecule has 1 aliphatic rings. The maximum atomic E-state index is 9.75. The van der Waals surface area contributed by atoms with Gasteiger partial charge in [0.05, 0.1) is 24.4 Å². The number of hydrogen-bond donors (Lipinski definition) is 1. The van der Waals surface area contributed by atoms with Crippen molar-refractivity contribution in [3.05, 3.63) is 48.3 Å². The molecule has 1 fully saturated rings. The van der Waals surface area contributed by atoms with Gasteiger partial charge in [0.1, 0.15) is 5.82 Å². The summed E-state index contributed by atoms with van der Waals surface area (Å²) in [5.74, 6) is 0.750. The van der Waals surface area contributed by atoms with Crippen molar-refractivity contribution < 1.29 is 5.11 Å². The van der Waals surface area contributed by atoms with Crippen molar-refractivity contribution in [2.24, 2.45) is 0 Å². The number of anilines is 1. The van der Waals surface area contributed by atoms with Gasteiger partial charge >= 0.3 is 0 Å². The minimum atomic E-state index is -0.304. The van der Waals surface area contributed by atoms with Crippen molar-refractivity contribution in [3.63, 3.8) is 0 Å². The summed E-state index contributed by atoms with van der Waals surface area (Å²) in [6, 6.07) is 10.1. The third-order valence-corrected chi connectivity index (χ3v) is 4.70. The number of pyridine rings is 1. The second kappa shape index (κ2) is 5.99. The second-order valence-corrected chi connectivity index (χ2v) is 6.54. The molecular formula is C18H17N7O. The minimum Gasteiger partial charge on any atom is -0.391 e. The molecule has 1 aromatic carbocycles. The van der Waals surface area contributed by atoms with E-state index in [-0.39, 0.29) is 6.10 Å². The van der Waals surface area contributed by atoms with E-state index in [9.17, 15) is 5.11 Å². The van der Waals surface area contributed by atoms with Gasteiger partial charge in [-0.25, -0.2) is 14.6 Å². The highest BCUT2D eigenvalue weighted by Gasteiger charge is 2.22. The van der Waals surface area contributed by atoms with Crippen LogP contribution in [0.1, 0.15) is 12.0 Å². The van der Waals surface area contributed by atoms with E-state index >= 15 is 0 Å². The summed E-state index contributed by atoms with van der Waals surface area (Å²) in [7, 11) is 0. The number of β-amino-alcohol motifs (C(OH)–C–C–N with tert-alkyl or cyclic N) is 1. The fourth-order valence-corrected chi connectivity index (χ4v) is 3.35. The number of aliphatic hydroxyl groups excluding tert-OH is 1. The molecule has 8 nitrogen and oxygen atoms in total. The van der Waals surface area contributed by atoms with Crippen molar-refractivity contribution >= 4 is 28.0 Å². The maximum absolute atomic E-state index is 9.75. The smallest absolute Gasteiger partial charge is 0.221 e. The first-order valence-corrected chi connectivity index (χ1v) is 8.59. The molecule has 5 rings (SSSR count). The van der Waals surface area contributed by atoms with E-state index in [1.165, 1.54) is 0 Å². The first kappa shape index (κ1) is 15.2. The number of hydrogen-bond acceptors (Lipinski definition) is 7. The van der Waals surface area contributed by atoms with Gasteiger partial charge in [-0.3, -0.25) is 4.98 Å². The minimum absolute atomic E-state index is 0.304. The van der Waals surface area contributed by atoms with Gasteiger partial charge in [0.15, 0.2) is 5.65 Å². The SMILES string of the molecule is O[C@H]1CCN(c2cnc3nnn(Cc4ccc5ncccc5c4)c3n2)C1. The molecule has 26 heavy (non-hydrogen) atoms. The fraction of sp³-hybridized carbons (Fsp3) is 0.278. The molecular weight excluding hydrogens is 330 g/mol. The third kappa shape index (κ3) is 2.64. The van der Waals surface area contributed by atoms with E-state index < -0.39 is 0 Å². The molecule has 0 radical (unpaired) electrons. The lowest BCUT2D eigenvalue weighted by Gasteiger charge is -2.15. The molecule has 1 saturated heterocycles. The highest BCUT2D eigenvalue weighted by atomic mass is 16.3. The Kier molecular flexibility index (Phi) is 3.49. The van der Waals surface area contributed by atoms with Crippen LogP contribution in [0.15, 0.2) is 42.7 Å². The van der Waals surface area contributed by atoms with E-state index in [2.05, 4.69) is 31.3 Å². The zero-order chi connectivity index (χ0) is 17.5. The zero-order valence-electron chi connectivity index (χ0n) is 14.0. The van der Waals surface area contributed by atoms with E-state index in [1.807, 2.05) is 29.2 Å². The monoisotopic (exact) mass is 347 g/mol. The summed E-state index contributed by atoms with van der Waals surface area (Å²) in [5, 5.41) is 19.2. The van der Waals surface area contributed by atoms with Crippen LogP contribution in [0.2, 0.25) is 0 Å². The van der Waals surface area contributed by atoms with Gasteiger partial charge in [-0.2, -0.15) is 0 Å². The largest absolute Gasteiger partial charge is 0.391 e. The van der Waals surface area contributed by atoms with Crippen LogP contribution in [0.5, 0.6) is 0 Å². The van der Waals surface area contributed by atoms with Gasteiger partial charge in [-0.1, -0.05) is 17.3 Å². The quantitative estimate of drug-likeness (QED) is 0.598. The summed E-state index contributed by atoms with van der Waals surface area (Å²) in [6.07, 6.45) is 3.93. The second-order valence-electron chi connectivity index (χ2n) is 6.54. The number of aliphatic hydroxyl groups is 1. The molecule has 3 aromatic heterocycles. The van der Waals surface area contributed by atoms with Crippen molar-refractivity contribution in [2.45, 2.75) is 19.1 Å². The third-order valence-electron chi connectivity index (χ3n) is 4.70. The first-order chi connectivity index (χ1) is 12.8. The number of nitrogens with zero attached hydrogens (tertiary/aromatic N) is 7.